The largest absolute Gasteiger partial charge is 0.314 e. The summed E-state index contributed by atoms with van der Waals surface area (Å²) < 4.78 is 13.0. The first-order valence-corrected chi connectivity index (χ1v) is 6.25. The summed E-state index contributed by atoms with van der Waals surface area (Å²) in [6.07, 6.45) is 4.73. The molecule has 88 valence electrons. The van der Waals surface area contributed by atoms with Gasteiger partial charge >= 0.3 is 0 Å². The molecule has 1 aromatic rings. The van der Waals surface area contributed by atoms with Crippen LogP contribution in [0.1, 0.15) is 31.7 Å². The minimum absolute atomic E-state index is 0.125. The van der Waals surface area contributed by atoms with Crippen LogP contribution in [0.3, 0.4) is 0 Å². The molecule has 1 aliphatic heterocycles. The Bertz CT molecular complexity index is 337. The summed E-state index contributed by atoms with van der Waals surface area (Å²) in [5.74, 6) is 0.722. The van der Waals surface area contributed by atoms with Crippen LogP contribution in [0.4, 0.5) is 4.39 Å². The van der Waals surface area contributed by atoms with Gasteiger partial charge in [0, 0.05) is 6.04 Å². The predicted octanol–water partition coefficient (Wildman–Crippen LogP) is 3.15. The Balaban J connectivity index is 1.94. The maximum absolute atomic E-state index is 13.0. The van der Waals surface area contributed by atoms with Gasteiger partial charge in [-0.2, -0.15) is 0 Å². The average Bonchev–Trinajstić information content (AvgIpc) is 2.29. The number of piperidine rings is 1. The van der Waals surface area contributed by atoms with Gasteiger partial charge < -0.3 is 5.32 Å². The van der Waals surface area contributed by atoms with E-state index in [1.54, 1.807) is 12.1 Å². The molecule has 0 radical (unpaired) electrons. The zero-order valence-corrected chi connectivity index (χ0v) is 9.88. The van der Waals surface area contributed by atoms with Crippen molar-refractivity contribution in [2.24, 2.45) is 5.92 Å². The van der Waals surface area contributed by atoms with Crippen LogP contribution in [0.25, 0.3) is 0 Å². The molecule has 0 bridgehead atoms. The fourth-order valence-electron chi connectivity index (χ4n) is 2.57. The summed E-state index contributed by atoms with van der Waals surface area (Å²) in [5, 5.41) is 3.53. The molecule has 2 atom stereocenters. The summed E-state index contributed by atoms with van der Waals surface area (Å²) in [6, 6.07) is 7.50. The van der Waals surface area contributed by atoms with Crippen molar-refractivity contribution in [3.05, 3.63) is 35.6 Å². The van der Waals surface area contributed by atoms with Gasteiger partial charge in [-0.3, -0.25) is 0 Å². The highest BCUT2D eigenvalue weighted by atomic mass is 19.1. The first-order valence-electron chi connectivity index (χ1n) is 6.25. The Morgan fingerprint density at radius 3 is 3.06 bits per heavy atom. The van der Waals surface area contributed by atoms with Crippen molar-refractivity contribution in [1.29, 1.82) is 0 Å². The van der Waals surface area contributed by atoms with E-state index in [2.05, 4.69) is 12.2 Å². The van der Waals surface area contributed by atoms with Crippen molar-refractivity contribution in [1.82, 2.24) is 5.32 Å². The fraction of sp³-hybridized carbons (Fsp3) is 0.571. The van der Waals surface area contributed by atoms with E-state index in [1.165, 1.54) is 25.3 Å². The van der Waals surface area contributed by atoms with Gasteiger partial charge in [-0.25, -0.2) is 4.39 Å². The molecule has 2 heteroatoms. The Labute approximate surface area is 97.1 Å². The van der Waals surface area contributed by atoms with Crippen LogP contribution in [0, 0.1) is 11.7 Å². The lowest BCUT2D eigenvalue weighted by Gasteiger charge is -2.29. The lowest BCUT2D eigenvalue weighted by Crippen LogP contribution is -2.39. The van der Waals surface area contributed by atoms with Crippen LogP contribution < -0.4 is 5.32 Å². The van der Waals surface area contributed by atoms with Crippen molar-refractivity contribution in [3.8, 4) is 0 Å². The first kappa shape index (κ1) is 11.6. The van der Waals surface area contributed by atoms with Gasteiger partial charge in [0.2, 0.25) is 0 Å². The molecule has 0 aliphatic carbocycles. The number of hydrogen-bond acceptors (Lipinski definition) is 1. The third-order valence-corrected chi connectivity index (χ3v) is 3.55. The molecule has 16 heavy (non-hydrogen) atoms. The van der Waals surface area contributed by atoms with E-state index in [1.807, 2.05) is 6.07 Å². The lowest BCUT2D eigenvalue weighted by molar-refractivity contribution is 0.294. The van der Waals surface area contributed by atoms with E-state index in [9.17, 15) is 4.39 Å². The second-order valence-corrected chi connectivity index (χ2v) is 4.78. The molecular weight excluding hydrogens is 201 g/mol. The van der Waals surface area contributed by atoms with E-state index >= 15 is 0 Å². The molecule has 0 aromatic heterocycles. The number of nitrogens with one attached hydrogen (secondary N) is 1. The highest BCUT2D eigenvalue weighted by Gasteiger charge is 2.20. The van der Waals surface area contributed by atoms with E-state index in [-0.39, 0.29) is 5.82 Å². The minimum atomic E-state index is -0.125. The normalized spacial score (nSPS) is 25.6. The Morgan fingerprint density at radius 1 is 1.44 bits per heavy atom. The topological polar surface area (TPSA) is 12.0 Å². The molecule has 1 saturated heterocycles. The van der Waals surface area contributed by atoms with E-state index in [0.29, 0.717) is 6.04 Å². The van der Waals surface area contributed by atoms with Gasteiger partial charge in [0.1, 0.15) is 5.82 Å². The first-order chi connectivity index (χ1) is 7.78. The molecule has 1 fully saturated rings. The standard InChI is InChI=1S/C14H20FN/c1-2-11-6-7-16-14(9-11)10-12-4-3-5-13(15)8-12/h3-5,8,11,14,16H,2,6-7,9-10H2,1H3. The molecule has 1 aromatic carbocycles. The van der Waals surface area contributed by atoms with Crippen molar-refractivity contribution in [3.63, 3.8) is 0 Å². The van der Waals surface area contributed by atoms with Gasteiger partial charge in [-0.15, -0.1) is 0 Å². The molecule has 2 unspecified atom stereocenters. The van der Waals surface area contributed by atoms with Gasteiger partial charge in [-0.1, -0.05) is 25.5 Å². The Kier molecular flexibility index (Phi) is 3.94. The summed E-state index contributed by atoms with van der Waals surface area (Å²) in [6.45, 7) is 3.37. The monoisotopic (exact) mass is 221 g/mol. The molecule has 0 saturated carbocycles. The van der Waals surface area contributed by atoms with Crippen LogP contribution >= 0.6 is 0 Å². The second kappa shape index (κ2) is 5.44. The number of hydrogen-bond donors (Lipinski definition) is 1. The predicted molar refractivity (Wildman–Crippen MR) is 64.9 cm³/mol. The molecule has 1 N–H and O–H groups in total. The van der Waals surface area contributed by atoms with E-state index in [4.69, 9.17) is 0 Å². The summed E-state index contributed by atoms with van der Waals surface area (Å²) in [7, 11) is 0. The number of benzene rings is 1. The molecule has 1 aliphatic rings. The summed E-state index contributed by atoms with van der Waals surface area (Å²) in [4.78, 5) is 0. The Morgan fingerprint density at radius 2 is 2.31 bits per heavy atom. The van der Waals surface area contributed by atoms with Gasteiger partial charge in [0.15, 0.2) is 0 Å². The van der Waals surface area contributed by atoms with E-state index < -0.39 is 0 Å². The van der Waals surface area contributed by atoms with Crippen molar-refractivity contribution >= 4 is 0 Å². The van der Waals surface area contributed by atoms with Crippen LogP contribution in [0.2, 0.25) is 0 Å². The summed E-state index contributed by atoms with van der Waals surface area (Å²) >= 11 is 0. The minimum Gasteiger partial charge on any atom is -0.314 e. The highest BCUT2D eigenvalue weighted by molar-refractivity contribution is 5.17. The third kappa shape index (κ3) is 3.05. The molecule has 1 nitrogen and oxygen atoms in total. The smallest absolute Gasteiger partial charge is 0.123 e. The van der Waals surface area contributed by atoms with Crippen LogP contribution in [-0.4, -0.2) is 12.6 Å². The Hall–Kier alpha value is -0.890. The van der Waals surface area contributed by atoms with Crippen molar-refractivity contribution in [2.45, 2.75) is 38.6 Å². The third-order valence-electron chi connectivity index (χ3n) is 3.55. The molecular formula is C14H20FN. The van der Waals surface area contributed by atoms with Crippen LogP contribution in [-0.2, 0) is 6.42 Å². The summed E-state index contributed by atoms with van der Waals surface area (Å²) in [5.41, 5.74) is 1.11. The van der Waals surface area contributed by atoms with Crippen molar-refractivity contribution in [2.75, 3.05) is 6.54 Å². The van der Waals surface area contributed by atoms with Crippen molar-refractivity contribution < 1.29 is 4.39 Å². The fourth-order valence-corrected chi connectivity index (χ4v) is 2.57. The second-order valence-electron chi connectivity index (χ2n) is 4.78. The molecule has 0 spiro atoms. The average molecular weight is 221 g/mol. The zero-order valence-electron chi connectivity index (χ0n) is 9.88. The van der Waals surface area contributed by atoms with Crippen LogP contribution in [0.5, 0.6) is 0 Å². The number of rotatable bonds is 3. The maximum atomic E-state index is 13.0. The van der Waals surface area contributed by atoms with E-state index in [0.717, 1.165) is 24.4 Å². The molecule has 0 amide bonds. The highest BCUT2D eigenvalue weighted by Crippen LogP contribution is 2.21. The lowest BCUT2D eigenvalue weighted by atomic mass is 9.88. The van der Waals surface area contributed by atoms with Gasteiger partial charge in [-0.05, 0) is 49.4 Å². The number of halogens is 1. The van der Waals surface area contributed by atoms with Crippen LogP contribution in [0.15, 0.2) is 24.3 Å². The maximum Gasteiger partial charge on any atom is 0.123 e. The molecule has 2 rings (SSSR count). The zero-order chi connectivity index (χ0) is 11.4. The SMILES string of the molecule is CCC1CCNC(Cc2cccc(F)c2)C1. The quantitative estimate of drug-likeness (QED) is 0.826. The van der Waals surface area contributed by atoms with Gasteiger partial charge in [0.25, 0.3) is 0 Å². The van der Waals surface area contributed by atoms with Gasteiger partial charge in [0.05, 0.1) is 0 Å². The molecule has 1 heterocycles.